The quantitative estimate of drug-likeness (QED) is 0.859. The number of amides is 1. The van der Waals surface area contributed by atoms with Crippen LogP contribution in [0, 0.1) is 5.82 Å². The highest BCUT2D eigenvalue weighted by Crippen LogP contribution is 2.20. The largest absolute Gasteiger partial charge is 0.376 e. The summed E-state index contributed by atoms with van der Waals surface area (Å²) >= 11 is 0. The van der Waals surface area contributed by atoms with E-state index in [-0.39, 0.29) is 17.5 Å². The number of carbonyl (C=O) groups excluding carboxylic acids is 1. The summed E-state index contributed by atoms with van der Waals surface area (Å²) in [6.07, 6.45) is 3.12. The summed E-state index contributed by atoms with van der Waals surface area (Å²) in [4.78, 5) is 12.4. The third kappa shape index (κ3) is 3.88. The molecule has 1 saturated heterocycles. The van der Waals surface area contributed by atoms with E-state index in [9.17, 15) is 17.6 Å². The Morgan fingerprint density at radius 3 is 2.76 bits per heavy atom. The Labute approximate surface area is 145 Å². The summed E-state index contributed by atoms with van der Waals surface area (Å²) in [5.41, 5.74) is 0.440. The van der Waals surface area contributed by atoms with Gasteiger partial charge in [-0.1, -0.05) is 0 Å². The maximum atomic E-state index is 13.1. The van der Waals surface area contributed by atoms with Crippen molar-refractivity contribution in [2.75, 3.05) is 20.2 Å². The molecule has 134 valence electrons. The predicted molar refractivity (Wildman–Crippen MR) is 89.7 cm³/mol. The highest BCUT2D eigenvalue weighted by Gasteiger charge is 2.30. The van der Waals surface area contributed by atoms with Crippen molar-refractivity contribution >= 4 is 21.8 Å². The molecule has 0 spiro atoms. The first-order chi connectivity index (χ1) is 11.9. The van der Waals surface area contributed by atoms with Gasteiger partial charge in [-0.25, -0.2) is 8.70 Å². The first-order valence-electron chi connectivity index (χ1n) is 7.83. The van der Waals surface area contributed by atoms with Crippen LogP contribution in [0.5, 0.6) is 0 Å². The number of likely N-dealkylation sites (N-methyl/N-ethyl adjacent to an activating group) is 1. The molecule has 9 heteroatoms. The summed E-state index contributed by atoms with van der Waals surface area (Å²) in [5.74, 6) is -0.977. The minimum atomic E-state index is -4.03. The number of hydrogen-bond donors (Lipinski definition) is 1. The fraction of sp³-hybridized carbons (Fsp3) is 0.375. The molecule has 2 heterocycles. The molecule has 0 saturated carbocycles. The molecule has 1 atom stereocenters. The number of rotatable bonds is 4. The third-order valence-corrected chi connectivity index (χ3v) is 5.38. The third-order valence-electron chi connectivity index (χ3n) is 4.06. The fourth-order valence-electron chi connectivity index (χ4n) is 2.62. The molecule has 1 N–H and O–H groups in total. The molecule has 3 rings (SSSR count). The summed E-state index contributed by atoms with van der Waals surface area (Å²) in [7, 11) is -2.77. The first kappa shape index (κ1) is 17.6. The molecule has 7 nitrogen and oxygen atoms in total. The molecule has 1 amide bonds. The van der Waals surface area contributed by atoms with E-state index in [1.807, 2.05) is 0 Å². The van der Waals surface area contributed by atoms with Gasteiger partial charge in [-0.05, 0) is 43.2 Å². The van der Waals surface area contributed by atoms with E-state index in [0.29, 0.717) is 18.7 Å². The lowest BCUT2D eigenvalue weighted by Crippen LogP contribution is -2.40. The molecule has 1 fully saturated rings. The number of allylic oxidation sites excluding steroid dienone is 1. The van der Waals surface area contributed by atoms with Gasteiger partial charge in [-0.2, -0.15) is 8.42 Å². The van der Waals surface area contributed by atoms with Gasteiger partial charge in [0.05, 0.1) is 11.8 Å². The van der Waals surface area contributed by atoms with Crippen molar-refractivity contribution in [3.05, 3.63) is 47.4 Å². The van der Waals surface area contributed by atoms with Gasteiger partial charge in [-0.3, -0.25) is 4.79 Å². The Morgan fingerprint density at radius 2 is 2.12 bits per heavy atom. The monoisotopic (exact) mass is 367 g/mol. The average molecular weight is 367 g/mol. The lowest BCUT2D eigenvalue weighted by atomic mass is 10.1. The fourth-order valence-corrected chi connectivity index (χ4v) is 3.54. The standard InChI is InChI=1S/C16H18FN3O4S/c1-20-15(16(21)18-10-13-3-2-8-24-13)9-14(19-25(20,22)23)11-4-6-12(17)7-5-11/h4-7,9,13H,2-3,8,10H2,1H3,(H,18,21)/t13-/m1/s1. The maximum Gasteiger partial charge on any atom is 0.345 e. The predicted octanol–water partition coefficient (Wildman–Crippen LogP) is 0.984. The van der Waals surface area contributed by atoms with Crippen molar-refractivity contribution in [2.24, 2.45) is 4.40 Å². The van der Waals surface area contributed by atoms with Crippen LogP contribution in [-0.4, -0.2) is 50.6 Å². The molecular weight excluding hydrogens is 349 g/mol. The van der Waals surface area contributed by atoms with E-state index in [1.165, 1.54) is 37.4 Å². The van der Waals surface area contributed by atoms with E-state index >= 15 is 0 Å². The number of carbonyl (C=O) groups is 1. The number of halogens is 1. The molecule has 0 bridgehead atoms. The van der Waals surface area contributed by atoms with Crippen LogP contribution in [0.4, 0.5) is 4.39 Å². The van der Waals surface area contributed by atoms with Crippen LogP contribution >= 0.6 is 0 Å². The van der Waals surface area contributed by atoms with E-state index < -0.39 is 21.9 Å². The normalized spacial score (nSPS) is 22.3. The van der Waals surface area contributed by atoms with Crippen LogP contribution in [0.25, 0.3) is 0 Å². The Hall–Kier alpha value is -2.26. The van der Waals surface area contributed by atoms with Crippen molar-refractivity contribution in [2.45, 2.75) is 18.9 Å². The van der Waals surface area contributed by atoms with Crippen molar-refractivity contribution in [1.82, 2.24) is 9.62 Å². The molecule has 0 aromatic heterocycles. The van der Waals surface area contributed by atoms with Gasteiger partial charge in [0.25, 0.3) is 5.91 Å². The Bertz CT molecular complexity index is 827. The topological polar surface area (TPSA) is 88.1 Å². The smallest absolute Gasteiger partial charge is 0.345 e. The van der Waals surface area contributed by atoms with E-state index in [2.05, 4.69) is 9.71 Å². The van der Waals surface area contributed by atoms with Gasteiger partial charge < -0.3 is 10.1 Å². The molecule has 1 aromatic rings. The summed E-state index contributed by atoms with van der Waals surface area (Å²) in [6, 6.07) is 5.22. The summed E-state index contributed by atoms with van der Waals surface area (Å²) in [6.45, 7) is 0.978. The van der Waals surface area contributed by atoms with Crippen LogP contribution in [0.3, 0.4) is 0 Å². The maximum absolute atomic E-state index is 13.1. The zero-order valence-corrected chi connectivity index (χ0v) is 14.4. The minimum absolute atomic E-state index is 0.0488. The zero-order valence-electron chi connectivity index (χ0n) is 13.6. The van der Waals surface area contributed by atoms with Crippen molar-refractivity contribution < 1.29 is 22.3 Å². The van der Waals surface area contributed by atoms with Crippen LogP contribution in [0.2, 0.25) is 0 Å². The van der Waals surface area contributed by atoms with Gasteiger partial charge in [-0.15, -0.1) is 4.40 Å². The second-order valence-corrected chi connectivity index (χ2v) is 7.43. The molecule has 1 aromatic carbocycles. The molecule has 0 radical (unpaired) electrons. The molecule has 2 aliphatic heterocycles. The number of nitrogens with zero attached hydrogens (tertiary/aromatic N) is 2. The van der Waals surface area contributed by atoms with Crippen molar-refractivity contribution in [3.63, 3.8) is 0 Å². The van der Waals surface area contributed by atoms with Crippen LogP contribution in [-0.2, 0) is 19.7 Å². The van der Waals surface area contributed by atoms with Crippen LogP contribution in [0.15, 0.2) is 40.4 Å². The number of hydrogen-bond acceptors (Lipinski definition) is 4. The van der Waals surface area contributed by atoms with E-state index in [0.717, 1.165) is 17.1 Å². The number of benzene rings is 1. The van der Waals surface area contributed by atoms with Crippen LogP contribution < -0.4 is 5.32 Å². The van der Waals surface area contributed by atoms with E-state index in [1.54, 1.807) is 0 Å². The van der Waals surface area contributed by atoms with Gasteiger partial charge in [0.1, 0.15) is 11.5 Å². The van der Waals surface area contributed by atoms with Gasteiger partial charge in [0.2, 0.25) is 0 Å². The lowest BCUT2D eigenvalue weighted by Gasteiger charge is -2.24. The Morgan fingerprint density at radius 1 is 1.40 bits per heavy atom. The molecule has 0 unspecified atom stereocenters. The summed E-state index contributed by atoms with van der Waals surface area (Å²) < 4.78 is 47.5. The molecule has 2 aliphatic rings. The van der Waals surface area contributed by atoms with Crippen molar-refractivity contribution in [1.29, 1.82) is 0 Å². The minimum Gasteiger partial charge on any atom is -0.376 e. The second kappa shape index (κ2) is 6.93. The lowest BCUT2D eigenvalue weighted by molar-refractivity contribution is -0.118. The van der Waals surface area contributed by atoms with Crippen LogP contribution in [0.1, 0.15) is 18.4 Å². The number of nitrogens with one attached hydrogen (secondary N) is 1. The molecular formula is C16H18FN3O4S. The summed E-state index contributed by atoms with van der Waals surface area (Å²) in [5, 5.41) is 2.69. The Balaban J connectivity index is 1.84. The van der Waals surface area contributed by atoms with E-state index in [4.69, 9.17) is 4.74 Å². The highest BCUT2D eigenvalue weighted by atomic mass is 32.2. The van der Waals surface area contributed by atoms with Gasteiger partial charge in [0.15, 0.2) is 0 Å². The Kier molecular flexibility index (Phi) is 4.87. The first-order valence-corrected chi connectivity index (χ1v) is 9.23. The van der Waals surface area contributed by atoms with Gasteiger partial charge >= 0.3 is 10.2 Å². The molecule has 0 aliphatic carbocycles. The zero-order chi connectivity index (χ0) is 18.0. The number of ether oxygens (including phenoxy) is 1. The van der Waals surface area contributed by atoms with Gasteiger partial charge in [0, 0.05) is 25.8 Å². The highest BCUT2D eigenvalue weighted by molar-refractivity contribution is 7.88. The van der Waals surface area contributed by atoms with Crippen molar-refractivity contribution in [3.8, 4) is 0 Å². The second-order valence-electron chi connectivity index (χ2n) is 5.80. The SMILES string of the molecule is CN1C(C(=O)NC[C@H]2CCCO2)=CC(c2ccc(F)cc2)=NS1(=O)=O. The molecule has 25 heavy (non-hydrogen) atoms. The average Bonchev–Trinajstić information content (AvgIpc) is 3.09.